The number of carbonyl (C=O) groups is 1. The first-order valence-corrected chi connectivity index (χ1v) is 5.09. The zero-order valence-corrected chi connectivity index (χ0v) is 10.2. The molecule has 0 heterocycles. The van der Waals surface area contributed by atoms with E-state index in [0.717, 1.165) is 7.11 Å². The first kappa shape index (κ1) is 13.1. The van der Waals surface area contributed by atoms with Crippen LogP contribution in [0.1, 0.15) is 15.9 Å². The molecule has 0 aromatic heterocycles. The molecule has 0 bridgehead atoms. The van der Waals surface area contributed by atoms with Gasteiger partial charge in [0.1, 0.15) is 0 Å². The van der Waals surface area contributed by atoms with E-state index in [9.17, 15) is 18.0 Å². The Bertz CT molecular complexity index is 431. The van der Waals surface area contributed by atoms with Gasteiger partial charge in [-0.2, -0.15) is 13.2 Å². The number of anilines is 1. The standard InChI is InChI=1S/C9H7F3INO2/c1-16-8(15)4-2-5(9(10,11)12)7(14)6(13)3-4/h2-3H,14H2,1H3. The summed E-state index contributed by atoms with van der Waals surface area (Å²) in [6.07, 6.45) is -4.59. The minimum absolute atomic E-state index is 0.160. The molecule has 0 saturated carbocycles. The maximum atomic E-state index is 12.5. The molecule has 0 radical (unpaired) electrons. The van der Waals surface area contributed by atoms with E-state index in [1.54, 1.807) is 22.6 Å². The highest BCUT2D eigenvalue weighted by Crippen LogP contribution is 2.36. The van der Waals surface area contributed by atoms with Crippen LogP contribution in [0.5, 0.6) is 0 Å². The lowest BCUT2D eigenvalue weighted by atomic mass is 10.1. The number of benzene rings is 1. The Morgan fingerprint density at radius 3 is 2.44 bits per heavy atom. The maximum absolute atomic E-state index is 12.5. The molecule has 1 aromatic rings. The highest BCUT2D eigenvalue weighted by Gasteiger charge is 2.34. The summed E-state index contributed by atoms with van der Waals surface area (Å²) in [6, 6.07) is 1.93. The molecular formula is C9H7F3INO2. The Morgan fingerprint density at radius 2 is 2.00 bits per heavy atom. The minimum atomic E-state index is -4.59. The molecule has 0 aliphatic carbocycles. The number of hydrogen-bond acceptors (Lipinski definition) is 3. The molecule has 0 unspecified atom stereocenters. The molecule has 0 spiro atoms. The van der Waals surface area contributed by atoms with Gasteiger partial charge in [0, 0.05) is 3.57 Å². The first-order chi connectivity index (χ1) is 7.27. The van der Waals surface area contributed by atoms with Crippen molar-refractivity contribution in [2.24, 2.45) is 0 Å². The zero-order valence-electron chi connectivity index (χ0n) is 8.06. The number of rotatable bonds is 1. The molecule has 0 amide bonds. The Morgan fingerprint density at radius 1 is 1.44 bits per heavy atom. The van der Waals surface area contributed by atoms with Crippen LogP contribution < -0.4 is 5.73 Å². The monoisotopic (exact) mass is 345 g/mol. The van der Waals surface area contributed by atoms with Crippen LogP contribution in [-0.2, 0) is 10.9 Å². The first-order valence-electron chi connectivity index (χ1n) is 4.02. The Balaban J connectivity index is 3.39. The summed E-state index contributed by atoms with van der Waals surface area (Å²) in [5.41, 5.74) is 3.71. The van der Waals surface area contributed by atoms with Gasteiger partial charge in [-0.25, -0.2) is 4.79 Å². The smallest absolute Gasteiger partial charge is 0.418 e. The van der Waals surface area contributed by atoms with Crippen molar-refractivity contribution >= 4 is 34.2 Å². The van der Waals surface area contributed by atoms with Crippen LogP contribution in [0.15, 0.2) is 12.1 Å². The van der Waals surface area contributed by atoms with Crippen LogP contribution in [0.25, 0.3) is 0 Å². The second kappa shape index (κ2) is 4.48. The van der Waals surface area contributed by atoms with E-state index in [1.807, 2.05) is 0 Å². The molecule has 7 heteroatoms. The van der Waals surface area contributed by atoms with Crippen molar-refractivity contribution in [1.82, 2.24) is 0 Å². The number of carbonyl (C=O) groups excluding carboxylic acids is 1. The Labute approximate surface area is 103 Å². The summed E-state index contributed by atoms with van der Waals surface area (Å²) in [6.45, 7) is 0. The molecule has 1 aromatic carbocycles. The highest BCUT2D eigenvalue weighted by atomic mass is 127. The molecule has 88 valence electrons. The predicted molar refractivity (Wildman–Crippen MR) is 59.9 cm³/mol. The van der Waals surface area contributed by atoms with Gasteiger partial charge in [0.15, 0.2) is 0 Å². The van der Waals surface area contributed by atoms with Crippen molar-refractivity contribution in [3.8, 4) is 0 Å². The summed E-state index contributed by atoms with van der Waals surface area (Å²) < 4.78 is 42.1. The van der Waals surface area contributed by atoms with Gasteiger partial charge in [-0.1, -0.05) is 0 Å². The number of alkyl halides is 3. The van der Waals surface area contributed by atoms with E-state index in [-0.39, 0.29) is 14.8 Å². The van der Waals surface area contributed by atoms with Gasteiger partial charge < -0.3 is 10.5 Å². The molecule has 0 fully saturated rings. The van der Waals surface area contributed by atoms with Gasteiger partial charge in [-0.3, -0.25) is 0 Å². The van der Waals surface area contributed by atoms with Gasteiger partial charge in [0.2, 0.25) is 0 Å². The predicted octanol–water partition coefficient (Wildman–Crippen LogP) is 2.68. The lowest BCUT2D eigenvalue weighted by molar-refractivity contribution is -0.136. The van der Waals surface area contributed by atoms with Crippen molar-refractivity contribution < 1.29 is 22.7 Å². The Kier molecular flexibility index (Phi) is 3.66. The largest absolute Gasteiger partial charge is 0.465 e. The van der Waals surface area contributed by atoms with E-state index in [2.05, 4.69) is 4.74 Å². The van der Waals surface area contributed by atoms with E-state index >= 15 is 0 Å². The third-order valence-electron chi connectivity index (χ3n) is 1.86. The molecule has 0 saturated heterocycles. The summed E-state index contributed by atoms with van der Waals surface area (Å²) in [4.78, 5) is 11.1. The van der Waals surface area contributed by atoms with Crippen molar-refractivity contribution in [3.05, 3.63) is 26.8 Å². The van der Waals surface area contributed by atoms with E-state index in [4.69, 9.17) is 5.73 Å². The zero-order chi connectivity index (χ0) is 12.5. The highest BCUT2D eigenvalue weighted by molar-refractivity contribution is 14.1. The number of nitrogen functional groups attached to an aromatic ring is 1. The topological polar surface area (TPSA) is 52.3 Å². The van der Waals surface area contributed by atoms with Crippen LogP contribution in [-0.4, -0.2) is 13.1 Å². The fraction of sp³-hybridized carbons (Fsp3) is 0.222. The quantitative estimate of drug-likeness (QED) is 0.484. The van der Waals surface area contributed by atoms with E-state index in [1.165, 1.54) is 6.07 Å². The average molecular weight is 345 g/mol. The minimum Gasteiger partial charge on any atom is -0.465 e. The van der Waals surface area contributed by atoms with Crippen molar-refractivity contribution in [2.45, 2.75) is 6.18 Å². The SMILES string of the molecule is COC(=O)c1cc(I)c(N)c(C(F)(F)F)c1. The van der Waals surface area contributed by atoms with Gasteiger partial charge in [-0.15, -0.1) is 0 Å². The van der Waals surface area contributed by atoms with Crippen molar-refractivity contribution in [3.63, 3.8) is 0 Å². The fourth-order valence-electron chi connectivity index (χ4n) is 1.09. The fourth-order valence-corrected chi connectivity index (χ4v) is 1.71. The number of hydrogen-bond donors (Lipinski definition) is 1. The molecular weight excluding hydrogens is 338 g/mol. The molecule has 0 atom stereocenters. The second-order valence-corrected chi connectivity index (χ2v) is 4.07. The van der Waals surface area contributed by atoms with E-state index in [0.29, 0.717) is 6.07 Å². The second-order valence-electron chi connectivity index (χ2n) is 2.91. The summed E-state index contributed by atoms with van der Waals surface area (Å²) in [5.74, 6) is -0.830. The molecule has 0 aliphatic rings. The number of ether oxygens (including phenoxy) is 1. The number of halogens is 4. The van der Waals surface area contributed by atoms with Gasteiger partial charge in [-0.05, 0) is 34.7 Å². The van der Waals surface area contributed by atoms with Gasteiger partial charge in [0.05, 0.1) is 23.9 Å². The molecule has 16 heavy (non-hydrogen) atoms. The third kappa shape index (κ3) is 2.57. The average Bonchev–Trinajstić information content (AvgIpc) is 2.18. The lowest BCUT2D eigenvalue weighted by Gasteiger charge is -2.12. The normalized spacial score (nSPS) is 11.3. The van der Waals surface area contributed by atoms with Gasteiger partial charge >= 0.3 is 12.1 Å². The van der Waals surface area contributed by atoms with Crippen molar-refractivity contribution in [2.75, 3.05) is 12.8 Å². The van der Waals surface area contributed by atoms with Crippen LogP contribution in [0.4, 0.5) is 18.9 Å². The molecule has 3 nitrogen and oxygen atoms in total. The summed E-state index contributed by atoms with van der Waals surface area (Å²) in [7, 11) is 1.10. The number of nitrogens with two attached hydrogens (primary N) is 1. The van der Waals surface area contributed by atoms with Crippen LogP contribution in [0, 0.1) is 3.57 Å². The van der Waals surface area contributed by atoms with Gasteiger partial charge in [0.25, 0.3) is 0 Å². The Hall–Kier alpha value is -0.990. The summed E-state index contributed by atoms with van der Waals surface area (Å²) in [5, 5.41) is 0. The molecule has 1 rings (SSSR count). The summed E-state index contributed by atoms with van der Waals surface area (Å²) >= 11 is 1.63. The van der Waals surface area contributed by atoms with Crippen LogP contribution >= 0.6 is 22.6 Å². The van der Waals surface area contributed by atoms with Crippen molar-refractivity contribution in [1.29, 1.82) is 0 Å². The number of methoxy groups -OCH3 is 1. The molecule has 2 N–H and O–H groups in total. The van der Waals surface area contributed by atoms with Crippen LogP contribution in [0.3, 0.4) is 0 Å². The maximum Gasteiger partial charge on any atom is 0.418 e. The van der Waals surface area contributed by atoms with E-state index < -0.39 is 17.7 Å². The third-order valence-corrected chi connectivity index (χ3v) is 2.75. The number of esters is 1. The molecule has 0 aliphatic heterocycles. The lowest BCUT2D eigenvalue weighted by Crippen LogP contribution is -2.13. The van der Waals surface area contributed by atoms with Crippen LogP contribution in [0.2, 0.25) is 0 Å².